The van der Waals surface area contributed by atoms with Crippen LogP contribution in [0, 0.1) is 5.82 Å². The van der Waals surface area contributed by atoms with Crippen molar-refractivity contribution in [2.45, 2.75) is 37.8 Å². The average Bonchev–Trinajstić information content (AvgIpc) is 3.22. The van der Waals surface area contributed by atoms with Crippen LogP contribution < -0.4 is 10.1 Å². The highest BCUT2D eigenvalue weighted by Crippen LogP contribution is 2.39. The number of aromatic nitrogens is 1. The molecule has 0 aliphatic carbocycles. The Morgan fingerprint density at radius 2 is 2.19 bits per heavy atom. The van der Waals surface area contributed by atoms with Gasteiger partial charge in [0.2, 0.25) is 5.91 Å². The van der Waals surface area contributed by atoms with E-state index in [-0.39, 0.29) is 17.8 Å². The zero-order valence-corrected chi connectivity index (χ0v) is 15.7. The van der Waals surface area contributed by atoms with Crippen LogP contribution in [-0.2, 0) is 4.79 Å². The molecule has 3 heterocycles. The van der Waals surface area contributed by atoms with Gasteiger partial charge in [0.05, 0.1) is 18.3 Å². The molecule has 1 aromatic heterocycles. The highest BCUT2D eigenvalue weighted by atomic mass is 19.1. The number of likely N-dealkylation sites (N-methyl/N-ethyl adjacent to an activating group) is 1. The highest BCUT2D eigenvalue weighted by Gasteiger charge is 2.50. The van der Waals surface area contributed by atoms with Gasteiger partial charge in [-0.1, -0.05) is 0 Å². The zero-order valence-electron chi connectivity index (χ0n) is 15.7. The normalized spacial score (nSPS) is 24.8. The van der Waals surface area contributed by atoms with Crippen molar-refractivity contribution in [2.75, 3.05) is 20.2 Å². The fraction of sp³-hybridized carbons (Fsp3) is 0.429. The Balaban J connectivity index is 1.62. The molecule has 142 valence electrons. The van der Waals surface area contributed by atoms with E-state index in [4.69, 9.17) is 4.74 Å². The molecule has 0 radical (unpaired) electrons. The van der Waals surface area contributed by atoms with Crippen LogP contribution in [0.5, 0.6) is 5.75 Å². The lowest BCUT2D eigenvalue weighted by Crippen LogP contribution is -2.47. The van der Waals surface area contributed by atoms with E-state index in [0.717, 1.165) is 42.6 Å². The minimum Gasteiger partial charge on any atom is -0.493 e. The molecule has 2 aromatic rings. The van der Waals surface area contributed by atoms with Gasteiger partial charge in [0.25, 0.3) is 0 Å². The van der Waals surface area contributed by atoms with Gasteiger partial charge in [-0.25, -0.2) is 4.39 Å². The van der Waals surface area contributed by atoms with Crippen LogP contribution in [0.1, 0.15) is 37.9 Å². The smallest absolute Gasteiger partial charge is 0.242 e. The van der Waals surface area contributed by atoms with Gasteiger partial charge in [-0.05, 0) is 56.0 Å². The minimum absolute atomic E-state index is 0.0383. The first kappa shape index (κ1) is 17.9. The monoisotopic (exact) mass is 369 g/mol. The Bertz CT molecular complexity index is 872. The van der Waals surface area contributed by atoms with Crippen LogP contribution in [0.2, 0.25) is 0 Å². The summed E-state index contributed by atoms with van der Waals surface area (Å²) in [4.78, 5) is 18.9. The lowest BCUT2D eigenvalue weighted by Gasteiger charge is -2.23. The number of carbonyl (C=O) groups is 1. The maximum atomic E-state index is 13.6. The van der Waals surface area contributed by atoms with E-state index in [1.165, 1.54) is 12.1 Å². The summed E-state index contributed by atoms with van der Waals surface area (Å²) in [6, 6.07) is 8.53. The third-order valence-corrected chi connectivity index (χ3v) is 5.63. The number of halogens is 1. The predicted octanol–water partition coefficient (Wildman–Crippen LogP) is 3.31. The molecule has 0 saturated carbocycles. The number of pyridine rings is 1. The molecule has 1 amide bonds. The van der Waals surface area contributed by atoms with Crippen molar-refractivity contribution in [3.8, 4) is 16.9 Å². The molecule has 2 atom stereocenters. The summed E-state index contributed by atoms with van der Waals surface area (Å²) in [6.07, 6.45) is 4.30. The number of hydrogen-bond donors (Lipinski definition) is 1. The van der Waals surface area contributed by atoms with Crippen molar-refractivity contribution in [1.29, 1.82) is 0 Å². The first-order valence-electron chi connectivity index (χ1n) is 9.44. The molecule has 5 nitrogen and oxygen atoms in total. The maximum absolute atomic E-state index is 13.6. The molecular formula is C21H24FN3O2. The molecule has 2 saturated heterocycles. The lowest BCUT2D eigenvalue weighted by molar-refractivity contribution is -0.131. The number of nitrogens with one attached hydrogen (secondary N) is 1. The number of benzene rings is 1. The second-order valence-corrected chi connectivity index (χ2v) is 7.34. The third-order valence-electron chi connectivity index (χ3n) is 5.63. The molecule has 2 aliphatic heterocycles. The van der Waals surface area contributed by atoms with E-state index in [9.17, 15) is 9.18 Å². The molecule has 27 heavy (non-hydrogen) atoms. The lowest BCUT2D eigenvalue weighted by atomic mass is 9.96. The number of carbonyl (C=O) groups excluding carboxylic acids is 1. The molecule has 0 unspecified atom stereocenters. The van der Waals surface area contributed by atoms with Crippen molar-refractivity contribution >= 4 is 5.91 Å². The first-order valence-corrected chi connectivity index (χ1v) is 9.44. The molecule has 1 aromatic carbocycles. The number of ether oxygens (including phenoxy) is 1. The van der Waals surface area contributed by atoms with Gasteiger partial charge in [-0.3, -0.25) is 15.1 Å². The summed E-state index contributed by atoms with van der Waals surface area (Å²) < 4.78 is 19.2. The molecule has 2 aliphatic rings. The van der Waals surface area contributed by atoms with Crippen LogP contribution in [0.3, 0.4) is 0 Å². The van der Waals surface area contributed by atoms with Crippen molar-refractivity contribution in [3.05, 3.63) is 48.0 Å². The van der Waals surface area contributed by atoms with E-state index in [1.807, 2.05) is 26.1 Å². The fourth-order valence-corrected chi connectivity index (χ4v) is 4.20. The van der Waals surface area contributed by atoms with Gasteiger partial charge in [0.15, 0.2) is 0 Å². The number of hydrogen-bond acceptors (Lipinski definition) is 4. The quantitative estimate of drug-likeness (QED) is 0.898. The molecular weight excluding hydrogens is 345 g/mol. The van der Waals surface area contributed by atoms with Gasteiger partial charge in [0.1, 0.15) is 17.1 Å². The average molecular weight is 369 g/mol. The fourth-order valence-electron chi connectivity index (χ4n) is 4.20. The number of rotatable bonds is 4. The number of likely N-dealkylation sites (tertiary alicyclic amines) is 1. The maximum Gasteiger partial charge on any atom is 0.242 e. The van der Waals surface area contributed by atoms with Crippen LogP contribution in [0.15, 0.2) is 36.5 Å². The van der Waals surface area contributed by atoms with Crippen LogP contribution in [0.4, 0.5) is 4.39 Å². The molecule has 2 fully saturated rings. The summed E-state index contributed by atoms with van der Waals surface area (Å²) in [5, 5.41) is 3.55. The van der Waals surface area contributed by atoms with Crippen molar-refractivity contribution < 1.29 is 13.9 Å². The second kappa shape index (κ2) is 6.93. The predicted molar refractivity (Wildman–Crippen MR) is 101 cm³/mol. The SMILES string of the molecule is CCOc1cc(F)ccc1-c1ccnc([C@H]2CC[C@@]3(CCN(C)C3=O)N2)c1. The standard InChI is InChI=1S/C21H24FN3O2/c1-3-27-19-13-15(22)4-5-16(19)14-7-10-23-18(12-14)17-6-8-21(24-17)9-11-25(2)20(21)26/h4-5,7,10,12-13,17,24H,3,6,8-9,11H2,1-2H3/t17-,21+/m1/s1. The molecule has 1 spiro atoms. The van der Waals surface area contributed by atoms with Gasteiger partial charge < -0.3 is 9.64 Å². The Hall–Kier alpha value is -2.47. The van der Waals surface area contributed by atoms with Gasteiger partial charge in [-0.2, -0.15) is 0 Å². The summed E-state index contributed by atoms with van der Waals surface area (Å²) >= 11 is 0. The Morgan fingerprint density at radius 3 is 2.93 bits per heavy atom. The van der Waals surface area contributed by atoms with Crippen LogP contribution in [0.25, 0.3) is 11.1 Å². The van der Waals surface area contributed by atoms with E-state index in [0.29, 0.717) is 12.4 Å². The Labute approximate surface area is 158 Å². The molecule has 1 N–H and O–H groups in total. The van der Waals surface area contributed by atoms with E-state index < -0.39 is 5.54 Å². The van der Waals surface area contributed by atoms with Crippen molar-refractivity contribution in [2.24, 2.45) is 0 Å². The largest absolute Gasteiger partial charge is 0.493 e. The van der Waals surface area contributed by atoms with E-state index >= 15 is 0 Å². The Kier molecular flexibility index (Phi) is 4.60. The summed E-state index contributed by atoms with van der Waals surface area (Å²) in [5.41, 5.74) is 2.23. The summed E-state index contributed by atoms with van der Waals surface area (Å²) in [6.45, 7) is 3.14. The van der Waals surface area contributed by atoms with Gasteiger partial charge >= 0.3 is 0 Å². The third kappa shape index (κ3) is 3.18. The Morgan fingerprint density at radius 1 is 1.33 bits per heavy atom. The van der Waals surface area contributed by atoms with E-state index in [1.54, 1.807) is 17.2 Å². The summed E-state index contributed by atoms with van der Waals surface area (Å²) in [5.74, 6) is 0.385. The van der Waals surface area contributed by atoms with Gasteiger partial charge in [0, 0.05) is 31.4 Å². The first-order chi connectivity index (χ1) is 13.0. The number of amides is 1. The van der Waals surface area contributed by atoms with Crippen LogP contribution in [-0.4, -0.2) is 41.5 Å². The molecule has 4 rings (SSSR count). The molecule has 6 heteroatoms. The molecule has 0 bridgehead atoms. The minimum atomic E-state index is -0.441. The summed E-state index contributed by atoms with van der Waals surface area (Å²) in [7, 11) is 1.86. The van der Waals surface area contributed by atoms with Crippen molar-refractivity contribution in [3.63, 3.8) is 0 Å². The highest BCUT2D eigenvalue weighted by molar-refractivity contribution is 5.88. The number of nitrogens with zero attached hydrogens (tertiary/aromatic N) is 2. The second-order valence-electron chi connectivity index (χ2n) is 7.34. The van der Waals surface area contributed by atoms with Gasteiger partial charge in [-0.15, -0.1) is 0 Å². The van der Waals surface area contributed by atoms with E-state index in [2.05, 4.69) is 10.3 Å². The van der Waals surface area contributed by atoms with Crippen LogP contribution >= 0.6 is 0 Å². The zero-order chi connectivity index (χ0) is 19.0. The topological polar surface area (TPSA) is 54.5 Å². The van der Waals surface area contributed by atoms with Crippen molar-refractivity contribution in [1.82, 2.24) is 15.2 Å².